The zero-order valence-electron chi connectivity index (χ0n) is 17.1. The minimum absolute atomic E-state index is 0.404. The maximum absolute atomic E-state index is 2.71. The van der Waals surface area contributed by atoms with E-state index in [-0.39, 0.29) is 0 Å². The minimum Gasteiger partial charge on any atom is -0.228 e. The Labute approximate surface area is 158 Å². The molecule has 0 amide bonds. The van der Waals surface area contributed by atoms with E-state index in [2.05, 4.69) is 62.2 Å². The summed E-state index contributed by atoms with van der Waals surface area (Å²) in [6.45, 7) is 11.4. The van der Waals surface area contributed by atoms with Gasteiger partial charge in [0.25, 0.3) is 0 Å². The number of nitrogens with zero attached hydrogens (tertiary/aromatic N) is 2. The molecule has 0 saturated heterocycles. The number of hydrogen-bond acceptors (Lipinski definition) is 0. The van der Waals surface area contributed by atoms with Crippen LogP contribution in [0.15, 0.2) is 18.5 Å². The first-order valence-electron chi connectivity index (χ1n) is 10.6. The van der Waals surface area contributed by atoms with Crippen molar-refractivity contribution in [3.63, 3.8) is 0 Å². The predicted octanol–water partition coefficient (Wildman–Crippen LogP) is 5.23. The largest absolute Gasteiger partial charge is 0.249 e. The summed E-state index contributed by atoms with van der Waals surface area (Å²) in [6.07, 6.45) is 11.2. The average molecular weight is 350 g/mol. The summed E-state index contributed by atoms with van der Waals surface area (Å²) in [5.41, 5.74) is 8.82. The molecule has 0 N–H and O–H groups in total. The van der Waals surface area contributed by atoms with Gasteiger partial charge in [-0.15, -0.1) is 0 Å². The Morgan fingerprint density at radius 2 is 1.35 bits per heavy atom. The lowest BCUT2D eigenvalue weighted by molar-refractivity contribution is -0.780. The molecule has 1 aromatic heterocycles. The monoisotopic (exact) mass is 349 g/mol. The molecule has 4 aliphatic rings. The summed E-state index contributed by atoms with van der Waals surface area (Å²) in [5.74, 6) is 2.96. The SMILES string of the molecule is Cc1cc(C)c(-n2c[n+](C34CC5CC(CC(C5)C3)C4)c(C)c2C)c(C)c1. The van der Waals surface area contributed by atoms with Gasteiger partial charge in [-0.2, -0.15) is 4.57 Å². The lowest BCUT2D eigenvalue weighted by Crippen LogP contribution is -2.65. The van der Waals surface area contributed by atoms with Gasteiger partial charge in [0.1, 0.15) is 22.6 Å². The number of aryl methyl sites for hydroxylation is 3. The molecule has 4 bridgehead atoms. The average Bonchev–Trinajstić information content (AvgIpc) is 2.82. The summed E-state index contributed by atoms with van der Waals surface area (Å²) < 4.78 is 5.20. The van der Waals surface area contributed by atoms with Gasteiger partial charge in [-0.25, -0.2) is 4.57 Å². The topological polar surface area (TPSA) is 8.81 Å². The lowest BCUT2D eigenvalue weighted by atomic mass is 9.53. The highest BCUT2D eigenvalue weighted by Gasteiger charge is 2.55. The summed E-state index contributed by atoms with van der Waals surface area (Å²) in [6, 6.07) is 4.65. The van der Waals surface area contributed by atoms with Crippen molar-refractivity contribution < 1.29 is 4.57 Å². The Balaban J connectivity index is 1.64. The van der Waals surface area contributed by atoms with Crippen molar-refractivity contribution in [2.24, 2.45) is 17.8 Å². The predicted molar refractivity (Wildman–Crippen MR) is 106 cm³/mol. The van der Waals surface area contributed by atoms with E-state index in [1.165, 1.54) is 72.3 Å². The first kappa shape index (κ1) is 16.6. The normalized spacial score (nSPS) is 32.4. The summed E-state index contributed by atoms with van der Waals surface area (Å²) in [4.78, 5) is 0. The van der Waals surface area contributed by atoms with Gasteiger partial charge >= 0.3 is 0 Å². The molecular weight excluding hydrogens is 316 g/mol. The standard InChI is InChI=1S/C24H33N2/c1-15-6-16(2)23(17(3)7-15)25-14-26(19(5)18(25)4)24-11-20-8-21(12-24)10-22(9-20)13-24/h6-7,14,20-22H,8-13H2,1-5H3/q+1. The Morgan fingerprint density at radius 1 is 0.846 bits per heavy atom. The second-order valence-corrected chi connectivity index (χ2v) is 9.92. The van der Waals surface area contributed by atoms with Crippen LogP contribution in [0.2, 0.25) is 0 Å². The third-order valence-electron chi connectivity index (χ3n) is 7.87. The van der Waals surface area contributed by atoms with Crippen molar-refractivity contribution >= 4 is 0 Å². The second-order valence-electron chi connectivity index (χ2n) is 9.92. The molecule has 4 aliphatic carbocycles. The molecule has 138 valence electrons. The van der Waals surface area contributed by atoms with Crippen LogP contribution in [0.3, 0.4) is 0 Å². The van der Waals surface area contributed by atoms with Gasteiger partial charge in [0.2, 0.25) is 6.33 Å². The van der Waals surface area contributed by atoms with Crippen LogP contribution in [0.25, 0.3) is 5.69 Å². The fourth-order valence-corrected chi connectivity index (χ4v) is 7.25. The van der Waals surface area contributed by atoms with Crippen LogP contribution in [0.4, 0.5) is 0 Å². The van der Waals surface area contributed by atoms with E-state index in [0.29, 0.717) is 5.54 Å². The van der Waals surface area contributed by atoms with E-state index in [0.717, 1.165) is 17.8 Å². The molecule has 6 rings (SSSR count). The van der Waals surface area contributed by atoms with Gasteiger partial charge in [-0.05, 0) is 88.2 Å². The van der Waals surface area contributed by atoms with Gasteiger partial charge in [0.05, 0.1) is 0 Å². The van der Waals surface area contributed by atoms with Crippen LogP contribution in [0.5, 0.6) is 0 Å². The number of aromatic nitrogens is 2. The fourth-order valence-electron chi connectivity index (χ4n) is 7.25. The van der Waals surface area contributed by atoms with Crippen LogP contribution in [-0.2, 0) is 5.54 Å². The molecular formula is C24H33N2+. The molecule has 0 spiro atoms. The van der Waals surface area contributed by atoms with Gasteiger partial charge in [0.15, 0.2) is 0 Å². The Kier molecular flexibility index (Phi) is 3.49. The molecule has 0 aliphatic heterocycles. The second kappa shape index (κ2) is 5.47. The van der Waals surface area contributed by atoms with E-state index in [1.54, 1.807) is 0 Å². The zero-order chi connectivity index (χ0) is 18.2. The highest BCUT2D eigenvalue weighted by molar-refractivity contribution is 5.50. The van der Waals surface area contributed by atoms with Crippen molar-refractivity contribution in [3.8, 4) is 5.69 Å². The molecule has 2 aromatic rings. The Hall–Kier alpha value is -1.57. The minimum atomic E-state index is 0.404. The third kappa shape index (κ3) is 2.27. The molecule has 2 heteroatoms. The van der Waals surface area contributed by atoms with Crippen LogP contribution in [0, 0.1) is 52.4 Å². The smallest absolute Gasteiger partial charge is 0.228 e. The van der Waals surface area contributed by atoms with Crippen LogP contribution in [0.1, 0.15) is 66.6 Å². The van der Waals surface area contributed by atoms with Gasteiger partial charge in [-0.3, -0.25) is 0 Å². The maximum Gasteiger partial charge on any atom is 0.249 e. The van der Waals surface area contributed by atoms with E-state index < -0.39 is 0 Å². The van der Waals surface area contributed by atoms with Crippen molar-refractivity contribution in [3.05, 3.63) is 46.5 Å². The van der Waals surface area contributed by atoms with E-state index in [1.807, 2.05) is 0 Å². The van der Waals surface area contributed by atoms with Crippen molar-refractivity contribution in [2.45, 2.75) is 78.7 Å². The summed E-state index contributed by atoms with van der Waals surface area (Å²) >= 11 is 0. The highest BCUT2D eigenvalue weighted by Crippen LogP contribution is 2.57. The quantitative estimate of drug-likeness (QED) is 0.656. The molecule has 2 nitrogen and oxygen atoms in total. The van der Waals surface area contributed by atoms with Crippen molar-refractivity contribution in [1.82, 2.24) is 4.57 Å². The highest BCUT2D eigenvalue weighted by atomic mass is 15.2. The van der Waals surface area contributed by atoms with Gasteiger partial charge in [0, 0.05) is 13.8 Å². The molecule has 1 heterocycles. The molecule has 26 heavy (non-hydrogen) atoms. The summed E-state index contributed by atoms with van der Waals surface area (Å²) in [7, 11) is 0. The number of imidazole rings is 1. The van der Waals surface area contributed by atoms with Crippen molar-refractivity contribution in [2.75, 3.05) is 0 Å². The summed E-state index contributed by atoms with van der Waals surface area (Å²) in [5, 5.41) is 0. The van der Waals surface area contributed by atoms with Crippen molar-refractivity contribution in [1.29, 1.82) is 0 Å². The number of benzene rings is 1. The third-order valence-corrected chi connectivity index (χ3v) is 7.87. The van der Waals surface area contributed by atoms with E-state index in [9.17, 15) is 0 Å². The Morgan fingerprint density at radius 3 is 1.85 bits per heavy atom. The fraction of sp³-hybridized carbons (Fsp3) is 0.625. The molecule has 1 aromatic carbocycles. The van der Waals surface area contributed by atoms with Crippen LogP contribution < -0.4 is 4.57 Å². The molecule has 0 atom stereocenters. The molecule has 4 saturated carbocycles. The maximum atomic E-state index is 2.71. The zero-order valence-corrected chi connectivity index (χ0v) is 17.1. The first-order chi connectivity index (χ1) is 12.4. The molecule has 0 unspecified atom stereocenters. The van der Waals surface area contributed by atoms with Gasteiger partial charge in [-0.1, -0.05) is 17.7 Å². The number of hydrogen-bond donors (Lipinski definition) is 0. The lowest BCUT2D eigenvalue weighted by Gasteiger charge is -2.54. The molecule has 4 fully saturated rings. The molecule has 0 radical (unpaired) electrons. The van der Waals surface area contributed by atoms with Crippen LogP contribution >= 0.6 is 0 Å². The van der Waals surface area contributed by atoms with E-state index in [4.69, 9.17) is 0 Å². The number of rotatable bonds is 2. The van der Waals surface area contributed by atoms with Gasteiger partial charge < -0.3 is 0 Å². The van der Waals surface area contributed by atoms with Crippen LogP contribution in [-0.4, -0.2) is 4.57 Å². The first-order valence-corrected chi connectivity index (χ1v) is 10.6. The Bertz CT molecular complexity index is 828. The van der Waals surface area contributed by atoms with E-state index >= 15 is 0 Å².